The molecule has 1 fully saturated rings. The summed E-state index contributed by atoms with van der Waals surface area (Å²) in [5, 5.41) is 10.7. The van der Waals surface area contributed by atoms with Crippen molar-refractivity contribution in [1.29, 1.82) is 0 Å². The highest BCUT2D eigenvalue weighted by molar-refractivity contribution is 8.00. The molecule has 0 radical (unpaired) electrons. The van der Waals surface area contributed by atoms with E-state index in [0.29, 0.717) is 29.6 Å². The van der Waals surface area contributed by atoms with Crippen LogP contribution in [0.25, 0.3) is 0 Å². The molecule has 0 saturated carbocycles. The van der Waals surface area contributed by atoms with Crippen LogP contribution < -0.4 is 10.1 Å². The van der Waals surface area contributed by atoms with E-state index in [1.807, 2.05) is 0 Å². The number of halogens is 3. The molecule has 1 aromatic carbocycles. The van der Waals surface area contributed by atoms with Gasteiger partial charge in [0, 0.05) is 18.2 Å². The Bertz CT molecular complexity index is 1080. The maximum Gasteiger partial charge on any atom is 0.573 e. The number of nitrogens with one attached hydrogen (secondary N) is 1. The summed E-state index contributed by atoms with van der Waals surface area (Å²) in [6.07, 6.45) is -2.69. The predicted molar refractivity (Wildman–Crippen MR) is 113 cm³/mol. The molecular weight excluding hydrogens is 469 g/mol. The number of ether oxygens (including phenoxy) is 1. The minimum atomic E-state index is -4.79. The van der Waals surface area contributed by atoms with Gasteiger partial charge in [-0.15, -0.1) is 29.9 Å². The van der Waals surface area contributed by atoms with E-state index in [1.165, 1.54) is 12.1 Å². The van der Waals surface area contributed by atoms with Gasteiger partial charge in [-0.1, -0.05) is 17.8 Å². The van der Waals surface area contributed by atoms with Gasteiger partial charge in [0.1, 0.15) is 11.6 Å². The fraction of sp³-hybridized carbons (Fsp3) is 0.421. The Balaban J connectivity index is 1.66. The van der Waals surface area contributed by atoms with Crippen molar-refractivity contribution in [2.45, 2.75) is 42.6 Å². The molecule has 1 aliphatic rings. The normalized spacial score (nSPS) is 18.8. The van der Waals surface area contributed by atoms with Crippen molar-refractivity contribution in [2.75, 3.05) is 16.8 Å². The first-order valence-electron chi connectivity index (χ1n) is 9.55. The quantitative estimate of drug-likeness (QED) is 0.447. The average molecular weight is 491 g/mol. The Morgan fingerprint density at radius 3 is 2.62 bits per heavy atom. The summed E-state index contributed by atoms with van der Waals surface area (Å²) in [6.45, 7) is 5.71. The number of thioether (sulfide) groups is 1. The molecule has 1 amide bonds. The van der Waals surface area contributed by atoms with E-state index < -0.39 is 33.1 Å². The van der Waals surface area contributed by atoms with Gasteiger partial charge in [0.25, 0.3) is 0 Å². The second-order valence-electron chi connectivity index (χ2n) is 7.16. The first-order valence-corrected chi connectivity index (χ1v) is 12.3. The molecule has 0 aliphatic carbocycles. The summed E-state index contributed by atoms with van der Waals surface area (Å²) >= 11 is 1.13. The lowest BCUT2D eigenvalue weighted by molar-refractivity contribution is -0.274. The number of hydrogen-bond acceptors (Lipinski definition) is 7. The molecule has 2 aromatic rings. The van der Waals surface area contributed by atoms with Crippen molar-refractivity contribution in [3.63, 3.8) is 0 Å². The topological polar surface area (TPSA) is 103 Å². The van der Waals surface area contributed by atoms with Crippen LogP contribution in [0, 0.1) is 0 Å². The number of rotatable bonds is 8. The third kappa shape index (κ3) is 6.25. The molecule has 2 heterocycles. The SMILES string of the molecule is C=CCn1c(S[C@@H](C)C(=O)Nc2ccc(OC(F)(F)F)cc2)nnc1[C@H]1CCS(=O)(=O)C1. The van der Waals surface area contributed by atoms with Crippen LogP contribution in [0.15, 0.2) is 42.1 Å². The van der Waals surface area contributed by atoms with Crippen molar-refractivity contribution in [3.05, 3.63) is 42.7 Å². The van der Waals surface area contributed by atoms with Gasteiger partial charge in [0.05, 0.1) is 16.8 Å². The lowest BCUT2D eigenvalue weighted by Gasteiger charge is -2.14. The average Bonchev–Trinajstić information content (AvgIpc) is 3.25. The van der Waals surface area contributed by atoms with E-state index in [1.54, 1.807) is 17.6 Å². The predicted octanol–water partition coefficient (Wildman–Crippen LogP) is 3.38. The minimum absolute atomic E-state index is 0.0109. The van der Waals surface area contributed by atoms with Gasteiger partial charge in [0.15, 0.2) is 15.0 Å². The highest BCUT2D eigenvalue weighted by atomic mass is 32.2. The van der Waals surface area contributed by atoms with Crippen molar-refractivity contribution >= 4 is 33.2 Å². The molecule has 1 N–H and O–H groups in total. The largest absolute Gasteiger partial charge is 0.573 e. The van der Waals surface area contributed by atoms with Crippen molar-refractivity contribution in [3.8, 4) is 5.75 Å². The van der Waals surface area contributed by atoms with E-state index in [9.17, 15) is 26.4 Å². The van der Waals surface area contributed by atoms with E-state index in [0.717, 1.165) is 23.9 Å². The maximum absolute atomic E-state index is 12.5. The molecule has 0 spiro atoms. The standard InChI is InChI=1S/C19H21F3N4O4S2/c1-3-9-26-16(13-8-10-32(28,29)11-13)24-25-18(26)31-12(2)17(27)23-14-4-6-15(7-5-14)30-19(20,21)22/h3-7,12-13H,1,8-11H2,2H3,(H,23,27)/t12-,13-/m0/s1. The smallest absolute Gasteiger partial charge is 0.406 e. The zero-order valence-corrected chi connectivity index (χ0v) is 18.6. The molecule has 2 atom stereocenters. The van der Waals surface area contributed by atoms with E-state index in [4.69, 9.17) is 0 Å². The third-order valence-corrected chi connectivity index (χ3v) is 7.51. The van der Waals surface area contributed by atoms with Crippen LogP contribution in [-0.4, -0.2) is 52.2 Å². The van der Waals surface area contributed by atoms with Crippen LogP contribution in [0.3, 0.4) is 0 Å². The number of carbonyl (C=O) groups excluding carboxylic acids is 1. The number of amides is 1. The van der Waals surface area contributed by atoms with E-state index in [2.05, 4.69) is 26.8 Å². The number of benzene rings is 1. The highest BCUT2D eigenvalue weighted by Gasteiger charge is 2.34. The number of hydrogen-bond donors (Lipinski definition) is 1. The molecule has 32 heavy (non-hydrogen) atoms. The van der Waals surface area contributed by atoms with Crippen molar-refractivity contribution < 1.29 is 31.1 Å². The third-order valence-electron chi connectivity index (χ3n) is 4.66. The second kappa shape index (κ2) is 9.53. The van der Waals surface area contributed by atoms with Gasteiger partial charge in [-0.25, -0.2) is 8.42 Å². The fourth-order valence-electron chi connectivity index (χ4n) is 3.18. The van der Waals surface area contributed by atoms with Crippen LogP contribution in [-0.2, 0) is 21.2 Å². The number of anilines is 1. The van der Waals surface area contributed by atoms with E-state index >= 15 is 0 Å². The van der Waals surface area contributed by atoms with Crippen LogP contribution in [0.2, 0.25) is 0 Å². The zero-order valence-electron chi connectivity index (χ0n) is 17.0. The van der Waals surface area contributed by atoms with Crippen LogP contribution >= 0.6 is 11.8 Å². The summed E-state index contributed by atoms with van der Waals surface area (Å²) in [6, 6.07) is 4.80. The number of nitrogens with zero attached hydrogens (tertiary/aromatic N) is 3. The number of aromatic nitrogens is 3. The summed E-state index contributed by atoms with van der Waals surface area (Å²) in [7, 11) is -3.10. The fourth-order valence-corrected chi connectivity index (χ4v) is 5.79. The summed E-state index contributed by atoms with van der Waals surface area (Å²) in [5.74, 6) is -0.386. The van der Waals surface area contributed by atoms with Gasteiger partial charge < -0.3 is 14.6 Å². The highest BCUT2D eigenvalue weighted by Crippen LogP contribution is 2.31. The Morgan fingerprint density at radius 2 is 2.06 bits per heavy atom. The Kier molecular flexibility index (Phi) is 7.18. The van der Waals surface area contributed by atoms with Gasteiger partial charge in [-0.3, -0.25) is 4.79 Å². The monoisotopic (exact) mass is 490 g/mol. The molecule has 1 aromatic heterocycles. The molecule has 0 bridgehead atoms. The van der Waals surface area contributed by atoms with Gasteiger partial charge in [-0.05, 0) is 37.6 Å². The molecule has 8 nitrogen and oxygen atoms in total. The molecule has 3 rings (SSSR count). The molecular formula is C19H21F3N4O4S2. The van der Waals surface area contributed by atoms with Gasteiger partial charge in [0.2, 0.25) is 5.91 Å². The minimum Gasteiger partial charge on any atom is -0.406 e. The molecule has 0 unspecified atom stereocenters. The van der Waals surface area contributed by atoms with Crippen molar-refractivity contribution in [2.24, 2.45) is 0 Å². The maximum atomic E-state index is 12.5. The number of allylic oxidation sites excluding steroid dienone is 1. The Hall–Kier alpha value is -2.54. The number of alkyl halides is 3. The summed E-state index contributed by atoms with van der Waals surface area (Å²) in [4.78, 5) is 12.5. The first kappa shape index (κ1) is 24.1. The Morgan fingerprint density at radius 1 is 1.38 bits per heavy atom. The van der Waals surface area contributed by atoms with Crippen LogP contribution in [0.4, 0.5) is 18.9 Å². The number of carbonyl (C=O) groups is 1. The summed E-state index contributed by atoms with van der Waals surface area (Å²) < 4.78 is 65.9. The molecule has 1 saturated heterocycles. The number of sulfone groups is 1. The first-order chi connectivity index (χ1) is 15.0. The van der Waals surface area contributed by atoms with Crippen molar-refractivity contribution in [1.82, 2.24) is 14.8 Å². The Labute approximate surface area is 187 Å². The lowest BCUT2D eigenvalue weighted by Crippen LogP contribution is -2.23. The van der Waals surface area contributed by atoms with Gasteiger partial charge in [-0.2, -0.15) is 0 Å². The molecule has 1 aliphatic heterocycles. The van der Waals surface area contributed by atoms with Crippen LogP contribution in [0.5, 0.6) is 5.75 Å². The summed E-state index contributed by atoms with van der Waals surface area (Å²) in [5.41, 5.74) is 0.307. The molecule has 13 heteroatoms. The molecule has 174 valence electrons. The van der Waals surface area contributed by atoms with Gasteiger partial charge >= 0.3 is 6.36 Å². The van der Waals surface area contributed by atoms with Crippen LogP contribution in [0.1, 0.15) is 25.1 Å². The lowest BCUT2D eigenvalue weighted by atomic mass is 10.1. The van der Waals surface area contributed by atoms with E-state index in [-0.39, 0.29) is 17.4 Å². The zero-order chi connectivity index (χ0) is 23.5. The second-order valence-corrected chi connectivity index (χ2v) is 10.7.